The van der Waals surface area contributed by atoms with E-state index in [0.29, 0.717) is 12.2 Å². The van der Waals surface area contributed by atoms with Gasteiger partial charge in [0.2, 0.25) is 0 Å². The number of aryl methyl sites for hydroxylation is 1. The molecule has 8 rings (SSSR count). The maximum absolute atomic E-state index is 15.4. The Morgan fingerprint density at radius 2 is 0.915 bits per heavy atom. The van der Waals surface area contributed by atoms with Gasteiger partial charge in [-0.3, -0.25) is 10.3 Å². The molecular weight excluding hydrogens is 1040 g/mol. The minimum absolute atomic E-state index is 0. The van der Waals surface area contributed by atoms with Crippen molar-refractivity contribution in [3.05, 3.63) is 250 Å². The third-order valence-corrected chi connectivity index (χ3v) is 14.0. The van der Waals surface area contributed by atoms with Crippen LogP contribution in [0.25, 0.3) is 22.3 Å². The van der Waals surface area contributed by atoms with Crippen LogP contribution in [0, 0.1) is 13.0 Å². The van der Waals surface area contributed by atoms with Crippen molar-refractivity contribution in [2.45, 2.75) is 104 Å². The molecule has 0 radical (unpaired) electrons. The van der Waals surface area contributed by atoms with E-state index >= 15 is 4.79 Å². The zero-order valence-corrected chi connectivity index (χ0v) is 46.6. The summed E-state index contributed by atoms with van der Waals surface area (Å²) >= 11 is 0. The molecule has 0 saturated heterocycles. The summed E-state index contributed by atoms with van der Waals surface area (Å²) in [5.41, 5.74) is 12.2. The molecule has 0 aliphatic heterocycles. The van der Waals surface area contributed by atoms with Gasteiger partial charge in [-0.15, -0.1) is 5.56 Å². The second kappa shape index (κ2) is 22.8. The first-order valence-electron chi connectivity index (χ1n) is 24.8. The molecule has 0 spiro atoms. The van der Waals surface area contributed by atoms with Gasteiger partial charge in [0.25, 0.3) is 0 Å². The average Bonchev–Trinajstić information content (AvgIpc) is 3.37. The van der Waals surface area contributed by atoms with Gasteiger partial charge in [0, 0.05) is 45.8 Å². The van der Waals surface area contributed by atoms with Crippen LogP contribution in [0.15, 0.2) is 194 Å². The van der Waals surface area contributed by atoms with Crippen LogP contribution in [-0.2, 0) is 60.6 Å². The summed E-state index contributed by atoms with van der Waals surface area (Å²) < 4.78 is 0. The van der Waals surface area contributed by atoms with E-state index in [0.717, 1.165) is 73.2 Å². The predicted octanol–water partition coefficient (Wildman–Crippen LogP) is 16.3. The summed E-state index contributed by atoms with van der Waals surface area (Å²) in [5, 5.41) is 14.0. The number of anilines is 2. The summed E-state index contributed by atoms with van der Waals surface area (Å²) in [7, 11) is 2.12. The fourth-order valence-electron chi connectivity index (χ4n) is 9.91. The summed E-state index contributed by atoms with van der Waals surface area (Å²) in [5.74, 6) is 0. The molecule has 0 aromatic heterocycles. The van der Waals surface area contributed by atoms with Gasteiger partial charge in [-0.05, 0) is 98.0 Å². The minimum atomic E-state index is -1.38. The molecule has 0 aliphatic carbocycles. The fraction of sp³-hybridized carbons (Fsp3) is 0.258. The molecule has 1 N–H and O–H groups in total. The van der Waals surface area contributed by atoms with Crippen molar-refractivity contribution >= 4 is 17.7 Å². The molecule has 0 aliphatic rings. The van der Waals surface area contributed by atoms with Crippen molar-refractivity contribution in [2.24, 2.45) is 0 Å². The van der Waals surface area contributed by atoms with E-state index in [-0.39, 0.29) is 38.4 Å². The number of hydrogen-bond donors (Lipinski definition) is 1. The van der Waals surface area contributed by atoms with Gasteiger partial charge in [0.1, 0.15) is 6.29 Å². The van der Waals surface area contributed by atoms with Crippen molar-refractivity contribution < 1.29 is 31.1 Å². The molecule has 4 nitrogen and oxygen atoms in total. The van der Waals surface area contributed by atoms with Gasteiger partial charge in [-0.25, -0.2) is 0 Å². The van der Waals surface area contributed by atoms with Crippen molar-refractivity contribution in [3.8, 4) is 22.3 Å². The van der Waals surface area contributed by atoms with Crippen molar-refractivity contribution in [1.29, 1.82) is 0 Å². The van der Waals surface area contributed by atoms with E-state index in [9.17, 15) is 5.21 Å². The van der Waals surface area contributed by atoms with Crippen molar-refractivity contribution in [1.82, 2.24) is 0 Å². The molecule has 0 heterocycles. The first-order chi connectivity index (χ1) is 33.5. The maximum atomic E-state index is 15.4. The molecule has 0 amide bonds. The Bertz CT molecular complexity index is 2960. The van der Waals surface area contributed by atoms with E-state index in [1.54, 1.807) is 0 Å². The monoisotopic (exact) mass is 1110 g/mol. The van der Waals surface area contributed by atoms with Crippen LogP contribution in [-0.4, -0.2) is 18.5 Å². The van der Waals surface area contributed by atoms with Crippen LogP contribution in [0.5, 0.6) is 0 Å². The standard InChI is InChI=1S/C64H65N2O2.C2H6.W/c1-46-25-33-55(34-26-46)63(8,57-39-31-52(50-29-37-54(38-30-50)62(5,6)7)42-60(57)66(68)44-48-21-15-11-16-22-48)64(45-67,56-23-17-12-18-24-56)58-40-32-51(49-27-35-53(36-28-49)61(2,3)4)41-59(58)65(9)43-47-19-13-10-14-20-47;1-2;/h10-11,13-42,45,68H,43-44H2,1-9H3;1-2H3;/q-1;;. The first-order valence-corrected chi connectivity index (χ1v) is 24.8. The first kappa shape index (κ1) is 54.0. The van der Waals surface area contributed by atoms with E-state index in [4.69, 9.17) is 0 Å². The predicted molar refractivity (Wildman–Crippen MR) is 295 cm³/mol. The van der Waals surface area contributed by atoms with Gasteiger partial charge in [0.15, 0.2) is 0 Å². The van der Waals surface area contributed by atoms with Gasteiger partial charge in [-0.1, -0.05) is 219 Å². The molecule has 71 heavy (non-hydrogen) atoms. The van der Waals surface area contributed by atoms with E-state index in [2.05, 4.69) is 207 Å². The van der Waals surface area contributed by atoms with E-state index in [1.165, 1.54) is 16.2 Å². The quantitative estimate of drug-likeness (QED) is 0.0669. The number of hydrogen-bond acceptors (Lipinski definition) is 4. The van der Waals surface area contributed by atoms with E-state index < -0.39 is 10.8 Å². The van der Waals surface area contributed by atoms with Crippen LogP contribution in [0.3, 0.4) is 0 Å². The van der Waals surface area contributed by atoms with Crippen LogP contribution in [0.2, 0.25) is 0 Å². The number of nitrogens with zero attached hydrogens (tertiary/aromatic N) is 2. The zero-order chi connectivity index (χ0) is 50.3. The number of benzene rings is 8. The molecule has 0 bridgehead atoms. The molecule has 0 saturated carbocycles. The SMILES string of the molecule is CC.Cc1ccc(C(C)(c2ccc(-c3ccc(C(C)(C)C)cc3)cc2N(O)Cc2ccccc2)C(C=O)(c2cc[c-]cc2)c2ccc(-c3ccc(C(C)(C)C)cc3)cc2N(C)Cc2ccccc2)cc1.[W]. The summed E-state index contributed by atoms with van der Waals surface area (Å²) in [6, 6.07) is 70.8. The fourth-order valence-corrected chi connectivity index (χ4v) is 9.91. The Hall–Kier alpha value is -6.32. The smallest absolute Gasteiger partial charge is 0.134 e. The number of hydroxylamine groups is 1. The van der Waals surface area contributed by atoms with Crippen molar-refractivity contribution in [3.63, 3.8) is 0 Å². The Morgan fingerprint density at radius 3 is 1.38 bits per heavy atom. The molecule has 5 heteroatoms. The Balaban J connectivity index is 0.00000272. The molecule has 8 aromatic carbocycles. The third-order valence-electron chi connectivity index (χ3n) is 14.0. The Labute approximate surface area is 439 Å². The van der Waals surface area contributed by atoms with Crippen LogP contribution in [0.4, 0.5) is 11.4 Å². The normalized spacial score (nSPS) is 13.1. The van der Waals surface area contributed by atoms with Gasteiger partial charge < -0.3 is 9.69 Å². The Kier molecular flexibility index (Phi) is 17.4. The van der Waals surface area contributed by atoms with E-state index in [1.807, 2.05) is 74.5 Å². The molecule has 8 aromatic rings. The number of carbonyl (C=O) groups is 1. The number of aldehydes is 1. The van der Waals surface area contributed by atoms with Gasteiger partial charge in [0.05, 0.1) is 17.6 Å². The third kappa shape index (κ3) is 11.4. The number of carbonyl (C=O) groups excluding carboxylic acids is 1. The average molecular weight is 1110 g/mol. The number of rotatable bonds is 14. The molecule has 0 fully saturated rings. The summed E-state index contributed by atoms with van der Waals surface area (Å²) in [6.45, 7) is 22.5. The van der Waals surface area contributed by atoms with Crippen LogP contribution in [0.1, 0.15) is 112 Å². The Morgan fingerprint density at radius 1 is 0.493 bits per heavy atom. The summed E-state index contributed by atoms with van der Waals surface area (Å²) in [4.78, 5) is 17.7. The zero-order valence-electron chi connectivity index (χ0n) is 43.6. The minimum Gasteiger partial charge on any atom is -0.370 e. The molecule has 2 unspecified atom stereocenters. The van der Waals surface area contributed by atoms with Crippen molar-refractivity contribution in [2.75, 3.05) is 17.0 Å². The second-order valence-electron chi connectivity index (χ2n) is 20.7. The maximum Gasteiger partial charge on any atom is 0.134 e. The second-order valence-corrected chi connectivity index (χ2v) is 20.7. The van der Waals surface area contributed by atoms with Crippen LogP contribution < -0.4 is 9.96 Å². The molecule has 364 valence electrons. The van der Waals surface area contributed by atoms with Gasteiger partial charge >= 0.3 is 0 Å². The van der Waals surface area contributed by atoms with Crippen LogP contribution >= 0.6 is 0 Å². The molecular formula is C66H71N2O2W-. The topological polar surface area (TPSA) is 43.8 Å². The molecule has 2 atom stereocenters. The van der Waals surface area contributed by atoms with Gasteiger partial charge in [-0.2, -0.15) is 30.3 Å². The largest absolute Gasteiger partial charge is 0.370 e. The summed E-state index contributed by atoms with van der Waals surface area (Å²) in [6.07, 6.45) is 1.16.